The van der Waals surface area contributed by atoms with Crippen molar-refractivity contribution in [3.8, 4) is 0 Å². The average Bonchev–Trinajstić information content (AvgIpc) is 2.82. The van der Waals surface area contributed by atoms with E-state index in [2.05, 4.69) is 41.7 Å². The van der Waals surface area contributed by atoms with Crippen LogP contribution in [0.25, 0.3) is 16.5 Å². The molecule has 2 heterocycles. The van der Waals surface area contributed by atoms with Crippen LogP contribution in [-0.4, -0.2) is 9.97 Å². The zero-order valence-corrected chi connectivity index (χ0v) is 10.3. The standard InChI is InChI=1S/C16H14N2/c1-11-10-17-8-7-14(11)12(2)16-9-13-5-3-4-6-15(13)18-16/h3-10,18H,2H2,1H3. The second-order valence-corrected chi connectivity index (χ2v) is 4.44. The van der Waals surface area contributed by atoms with Gasteiger partial charge >= 0.3 is 0 Å². The summed E-state index contributed by atoms with van der Waals surface area (Å²) in [6, 6.07) is 12.4. The number of nitrogens with zero attached hydrogens (tertiary/aromatic N) is 1. The average molecular weight is 234 g/mol. The molecule has 1 N–H and O–H groups in total. The minimum Gasteiger partial charge on any atom is -0.355 e. The van der Waals surface area contributed by atoms with E-state index >= 15 is 0 Å². The minimum absolute atomic E-state index is 1.01. The first-order chi connectivity index (χ1) is 8.75. The van der Waals surface area contributed by atoms with Gasteiger partial charge in [-0.05, 0) is 41.8 Å². The molecule has 18 heavy (non-hydrogen) atoms. The van der Waals surface area contributed by atoms with Crippen LogP contribution in [0.2, 0.25) is 0 Å². The fourth-order valence-corrected chi connectivity index (χ4v) is 2.19. The summed E-state index contributed by atoms with van der Waals surface area (Å²) in [6.45, 7) is 6.24. The van der Waals surface area contributed by atoms with Gasteiger partial charge in [0.15, 0.2) is 0 Å². The number of aromatic amines is 1. The summed E-state index contributed by atoms with van der Waals surface area (Å²) in [5.41, 5.74) is 5.48. The summed E-state index contributed by atoms with van der Waals surface area (Å²) in [7, 11) is 0. The third-order valence-electron chi connectivity index (χ3n) is 3.20. The third kappa shape index (κ3) is 1.72. The van der Waals surface area contributed by atoms with E-state index in [9.17, 15) is 0 Å². The summed E-state index contributed by atoms with van der Waals surface area (Å²) in [6.07, 6.45) is 3.67. The van der Waals surface area contributed by atoms with Crippen molar-refractivity contribution in [1.29, 1.82) is 0 Å². The number of benzene rings is 1. The number of pyridine rings is 1. The monoisotopic (exact) mass is 234 g/mol. The van der Waals surface area contributed by atoms with E-state index in [4.69, 9.17) is 0 Å². The molecule has 0 saturated carbocycles. The van der Waals surface area contributed by atoms with Crippen LogP contribution in [0.1, 0.15) is 16.8 Å². The van der Waals surface area contributed by atoms with Crippen molar-refractivity contribution in [2.24, 2.45) is 0 Å². The molecular weight excluding hydrogens is 220 g/mol. The molecule has 3 rings (SSSR count). The molecule has 88 valence electrons. The number of H-pyrrole nitrogens is 1. The Bertz CT molecular complexity index is 690. The lowest BCUT2D eigenvalue weighted by molar-refractivity contribution is 1.24. The maximum Gasteiger partial charge on any atom is 0.0464 e. The van der Waals surface area contributed by atoms with Gasteiger partial charge in [0.2, 0.25) is 0 Å². The van der Waals surface area contributed by atoms with Gasteiger partial charge in [0.05, 0.1) is 0 Å². The summed E-state index contributed by atoms with van der Waals surface area (Å²) in [5.74, 6) is 0. The highest BCUT2D eigenvalue weighted by Gasteiger charge is 2.08. The van der Waals surface area contributed by atoms with E-state index in [1.807, 2.05) is 24.4 Å². The van der Waals surface area contributed by atoms with Crippen molar-refractivity contribution in [3.63, 3.8) is 0 Å². The smallest absolute Gasteiger partial charge is 0.0464 e. The van der Waals surface area contributed by atoms with Gasteiger partial charge < -0.3 is 4.98 Å². The predicted octanol–water partition coefficient (Wildman–Crippen LogP) is 3.93. The van der Waals surface area contributed by atoms with Gasteiger partial charge in [-0.15, -0.1) is 0 Å². The number of aromatic nitrogens is 2. The summed E-state index contributed by atoms with van der Waals surface area (Å²) in [4.78, 5) is 7.51. The maximum absolute atomic E-state index is 4.19. The molecule has 2 heteroatoms. The van der Waals surface area contributed by atoms with Gasteiger partial charge in [-0.1, -0.05) is 24.8 Å². The van der Waals surface area contributed by atoms with E-state index in [0.29, 0.717) is 0 Å². The number of hydrogen-bond acceptors (Lipinski definition) is 1. The largest absolute Gasteiger partial charge is 0.355 e. The highest BCUT2D eigenvalue weighted by atomic mass is 14.7. The zero-order valence-electron chi connectivity index (χ0n) is 10.3. The Morgan fingerprint density at radius 1 is 1.22 bits per heavy atom. The highest BCUT2D eigenvalue weighted by molar-refractivity contribution is 5.88. The van der Waals surface area contributed by atoms with E-state index in [-0.39, 0.29) is 0 Å². The third-order valence-corrected chi connectivity index (χ3v) is 3.20. The first-order valence-electron chi connectivity index (χ1n) is 5.94. The molecule has 0 fully saturated rings. The first-order valence-corrected chi connectivity index (χ1v) is 5.94. The molecule has 0 spiro atoms. The Balaban J connectivity index is 2.10. The van der Waals surface area contributed by atoms with Gasteiger partial charge in [-0.25, -0.2) is 0 Å². The van der Waals surface area contributed by atoms with Crippen LogP contribution in [0.4, 0.5) is 0 Å². The first kappa shape index (κ1) is 10.8. The molecule has 2 nitrogen and oxygen atoms in total. The molecule has 0 aliphatic carbocycles. The van der Waals surface area contributed by atoms with Crippen LogP contribution in [0.5, 0.6) is 0 Å². The van der Waals surface area contributed by atoms with Gasteiger partial charge in [0, 0.05) is 29.0 Å². The normalized spacial score (nSPS) is 10.7. The molecule has 0 saturated heterocycles. The zero-order chi connectivity index (χ0) is 12.5. The molecule has 0 radical (unpaired) electrons. The van der Waals surface area contributed by atoms with Crippen molar-refractivity contribution >= 4 is 16.5 Å². The molecular formula is C16H14N2. The number of rotatable bonds is 2. The molecule has 0 bridgehead atoms. The summed E-state index contributed by atoms with van der Waals surface area (Å²) >= 11 is 0. The lowest BCUT2D eigenvalue weighted by Gasteiger charge is -2.06. The van der Waals surface area contributed by atoms with E-state index < -0.39 is 0 Å². The molecule has 0 amide bonds. The number of fused-ring (bicyclic) bond motifs is 1. The Kier molecular flexibility index (Phi) is 2.49. The highest BCUT2D eigenvalue weighted by Crippen LogP contribution is 2.26. The van der Waals surface area contributed by atoms with Gasteiger partial charge in [-0.3, -0.25) is 4.98 Å². The van der Waals surface area contributed by atoms with Gasteiger partial charge in [0.25, 0.3) is 0 Å². The second kappa shape index (κ2) is 4.15. The van der Waals surface area contributed by atoms with Crippen molar-refractivity contribution in [3.05, 3.63) is 72.2 Å². The van der Waals surface area contributed by atoms with E-state index in [1.165, 1.54) is 5.39 Å². The quantitative estimate of drug-likeness (QED) is 0.715. The van der Waals surface area contributed by atoms with E-state index in [1.54, 1.807) is 6.20 Å². The van der Waals surface area contributed by atoms with Gasteiger partial charge in [0.1, 0.15) is 0 Å². The van der Waals surface area contributed by atoms with Crippen LogP contribution in [0.15, 0.2) is 55.4 Å². The van der Waals surface area contributed by atoms with Crippen molar-refractivity contribution < 1.29 is 0 Å². The lowest BCUT2D eigenvalue weighted by atomic mass is 10.0. The Morgan fingerprint density at radius 2 is 2.06 bits per heavy atom. The number of hydrogen-bond donors (Lipinski definition) is 1. The fraction of sp³-hybridized carbons (Fsp3) is 0.0625. The van der Waals surface area contributed by atoms with Crippen molar-refractivity contribution in [2.75, 3.05) is 0 Å². The maximum atomic E-state index is 4.19. The van der Waals surface area contributed by atoms with Crippen LogP contribution in [-0.2, 0) is 0 Å². The number of aryl methyl sites for hydroxylation is 1. The van der Waals surface area contributed by atoms with Crippen LogP contribution >= 0.6 is 0 Å². The number of para-hydroxylation sites is 1. The lowest BCUT2D eigenvalue weighted by Crippen LogP contribution is -1.90. The Labute approximate surface area is 106 Å². The Hall–Kier alpha value is -2.35. The molecule has 0 aliphatic rings. The van der Waals surface area contributed by atoms with Crippen molar-refractivity contribution in [1.82, 2.24) is 9.97 Å². The van der Waals surface area contributed by atoms with Crippen LogP contribution in [0, 0.1) is 6.92 Å². The Morgan fingerprint density at radius 3 is 2.83 bits per heavy atom. The molecule has 0 atom stereocenters. The van der Waals surface area contributed by atoms with Gasteiger partial charge in [-0.2, -0.15) is 0 Å². The SMILES string of the molecule is C=C(c1cc2ccccc2[nH]1)c1ccncc1C. The molecule has 0 unspecified atom stereocenters. The van der Waals surface area contributed by atoms with Crippen molar-refractivity contribution in [2.45, 2.75) is 6.92 Å². The minimum atomic E-state index is 1.01. The molecule has 2 aromatic heterocycles. The second-order valence-electron chi connectivity index (χ2n) is 4.44. The molecule has 1 aromatic carbocycles. The van der Waals surface area contributed by atoms with Crippen LogP contribution in [0.3, 0.4) is 0 Å². The van der Waals surface area contributed by atoms with E-state index in [0.717, 1.165) is 27.9 Å². The summed E-state index contributed by atoms with van der Waals surface area (Å²) in [5, 5.41) is 1.21. The number of nitrogens with one attached hydrogen (secondary N) is 1. The topological polar surface area (TPSA) is 28.7 Å². The molecule has 3 aromatic rings. The molecule has 0 aliphatic heterocycles. The van der Waals surface area contributed by atoms with Crippen LogP contribution < -0.4 is 0 Å². The fourth-order valence-electron chi connectivity index (χ4n) is 2.19. The predicted molar refractivity (Wildman–Crippen MR) is 75.4 cm³/mol. The summed E-state index contributed by atoms with van der Waals surface area (Å²) < 4.78 is 0.